The van der Waals surface area contributed by atoms with Crippen LogP contribution in [-0.2, 0) is 16.0 Å². The Bertz CT molecular complexity index is 732. The molecule has 6 nitrogen and oxygen atoms in total. The molecule has 0 bridgehead atoms. The van der Waals surface area contributed by atoms with Crippen molar-refractivity contribution in [1.82, 2.24) is 5.32 Å². The number of nitrogens with one attached hydrogen (secondary N) is 2. The fourth-order valence-corrected chi connectivity index (χ4v) is 2.19. The fourth-order valence-electron chi connectivity index (χ4n) is 2.02. The lowest BCUT2D eigenvalue weighted by atomic mass is 10.1. The summed E-state index contributed by atoms with van der Waals surface area (Å²) in [5, 5.41) is 14.6. The smallest absolute Gasteiger partial charge is 0.313 e. The number of rotatable bonds is 5. The summed E-state index contributed by atoms with van der Waals surface area (Å²) in [7, 11) is 1.45. The van der Waals surface area contributed by atoms with Crippen molar-refractivity contribution in [3.05, 3.63) is 53.1 Å². The van der Waals surface area contributed by atoms with Crippen molar-refractivity contribution in [2.45, 2.75) is 6.42 Å². The van der Waals surface area contributed by atoms with Crippen LogP contribution in [0.2, 0.25) is 5.02 Å². The first kappa shape index (κ1) is 17.6. The topological polar surface area (TPSA) is 87.7 Å². The van der Waals surface area contributed by atoms with Crippen molar-refractivity contribution in [3.63, 3.8) is 0 Å². The van der Waals surface area contributed by atoms with E-state index in [1.54, 1.807) is 36.4 Å². The zero-order valence-corrected chi connectivity index (χ0v) is 13.8. The summed E-state index contributed by atoms with van der Waals surface area (Å²) in [6.07, 6.45) is 0.541. The maximum Gasteiger partial charge on any atom is 0.313 e. The molecule has 2 aromatic rings. The lowest BCUT2D eigenvalue weighted by Gasteiger charge is -2.10. The molecule has 3 N–H and O–H groups in total. The van der Waals surface area contributed by atoms with Gasteiger partial charge in [0.2, 0.25) is 0 Å². The number of phenolic OH excluding ortho intramolecular Hbond substituents is 1. The van der Waals surface area contributed by atoms with Crippen LogP contribution in [0.5, 0.6) is 11.5 Å². The van der Waals surface area contributed by atoms with Gasteiger partial charge in [-0.25, -0.2) is 0 Å². The van der Waals surface area contributed by atoms with Crippen LogP contribution in [0, 0.1) is 0 Å². The molecule has 2 amide bonds. The standard InChI is InChI=1S/C17H17ClN2O4/c1-24-15-7-4-12(18)10-14(15)20-17(23)16(22)19-9-8-11-2-5-13(21)6-3-11/h2-7,10,21H,8-9H2,1H3,(H,19,22)(H,20,23). The van der Waals surface area contributed by atoms with E-state index < -0.39 is 11.8 Å². The van der Waals surface area contributed by atoms with Crippen molar-refractivity contribution in [1.29, 1.82) is 0 Å². The number of carbonyl (C=O) groups excluding carboxylic acids is 2. The SMILES string of the molecule is COc1ccc(Cl)cc1NC(=O)C(=O)NCCc1ccc(O)cc1. The monoisotopic (exact) mass is 348 g/mol. The average Bonchev–Trinajstić information content (AvgIpc) is 2.56. The molecular weight excluding hydrogens is 332 g/mol. The average molecular weight is 349 g/mol. The Morgan fingerprint density at radius 3 is 2.50 bits per heavy atom. The molecule has 0 spiro atoms. The number of hydrogen-bond acceptors (Lipinski definition) is 4. The van der Waals surface area contributed by atoms with Gasteiger partial charge in [0.15, 0.2) is 0 Å². The summed E-state index contributed by atoms with van der Waals surface area (Å²) in [5.74, 6) is -0.973. The van der Waals surface area contributed by atoms with Gasteiger partial charge < -0.3 is 20.5 Å². The minimum absolute atomic E-state index is 0.178. The first-order chi connectivity index (χ1) is 11.5. The number of amides is 2. The zero-order valence-electron chi connectivity index (χ0n) is 13.0. The Morgan fingerprint density at radius 1 is 1.12 bits per heavy atom. The molecular formula is C17H17ClN2O4. The van der Waals surface area contributed by atoms with E-state index in [1.165, 1.54) is 13.2 Å². The molecule has 0 saturated heterocycles. The first-order valence-corrected chi connectivity index (χ1v) is 7.58. The molecule has 0 radical (unpaired) electrons. The predicted molar refractivity (Wildman–Crippen MR) is 91.5 cm³/mol. The normalized spacial score (nSPS) is 10.1. The number of phenols is 1. The Balaban J connectivity index is 1.87. The Hall–Kier alpha value is -2.73. The molecule has 0 heterocycles. The highest BCUT2D eigenvalue weighted by Crippen LogP contribution is 2.27. The lowest BCUT2D eigenvalue weighted by Crippen LogP contribution is -2.36. The molecule has 126 valence electrons. The van der Waals surface area contributed by atoms with Gasteiger partial charge in [0.25, 0.3) is 0 Å². The third kappa shape index (κ3) is 4.89. The van der Waals surface area contributed by atoms with Crippen LogP contribution >= 0.6 is 11.6 Å². The summed E-state index contributed by atoms with van der Waals surface area (Å²) in [6.45, 7) is 0.295. The van der Waals surface area contributed by atoms with Crippen LogP contribution < -0.4 is 15.4 Å². The van der Waals surface area contributed by atoms with E-state index in [-0.39, 0.29) is 5.75 Å². The maximum absolute atomic E-state index is 11.9. The van der Waals surface area contributed by atoms with E-state index in [1.807, 2.05) is 0 Å². The predicted octanol–water partition coefficient (Wildman–Crippen LogP) is 2.35. The van der Waals surface area contributed by atoms with E-state index in [0.717, 1.165) is 5.56 Å². The second kappa shape index (κ2) is 8.21. The van der Waals surface area contributed by atoms with Gasteiger partial charge in [0.05, 0.1) is 12.8 Å². The van der Waals surface area contributed by atoms with E-state index in [2.05, 4.69) is 10.6 Å². The van der Waals surface area contributed by atoms with Gasteiger partial charge in [-0.15, -0.1) is 0 Å². The van der Waals surface area contributed by atoms with Gasteiger partial charge in [0, 0.05) is 11.6 Å². The fraction of sp³-hybridized carbons (Fsp3) is 0.176. The summed E-state index contributed by atoms with van der Waals surface area (Å²) < 4.78 is 5.10. The molecule has 0 atom stereocenters. The van der Waals surface area contributed by atoms with Crippen LogP contribution in [0.3, 0.4) is 0 Å². The molecule has 2 aromatic carbocycles. The van der Waals surface area contributed by atoms with Crippen LogP contribution in [0.15, 0.2) is 42.5 Å². The third-order valence-corrected chi connectivity index (χ3v) is 3.49. The van der Waals surface area contributed by atoms with Gasteiger partial charge in [-0.05, 0) is 42.3 Å². The van der Waals surface area contributed by atoms with Gasteiger partial charge >= 0.3 is 11.8 Å². The number of hydrogen-bond donors (Lipinski definition) is 3. The lowest BCUT2D eigenvalue weighted by molar-refractivity contribution is -0.136. The summed E-state index contributed by atoms with van der Waals surface area (Å²) in [6, 6.07) is 11.3. The van der Waals surface area contributed by atoms with Crippen molar-refractivity contribution in [2.24, 2.45) is 0 Å². The van der Waals surface area contributed by atoms with Crippen LogP contribution in [-0.4, -0.2) is 30.6 Å². The van der Waals surface area contributed by atoms with E-state index in [4.69, 9.17) is 16.3 Å². The number of ether oxygens (including phenoxy) is 1. The summed E-state index contributed by atoms with van der Waals surface area (Å²) in [5.41, 5.74) is 1.26. The summed E-state index contributed by atoms with van der Waals surface area (Å²) in [4.78, 5) is 23.8. The van der Waals surface area contributed by atoms with E-state index in [9.17, 15) is 14.7 Å². The number of methoxy groups -OCH3 is 1. The molecule has 24 heavy (non-hydrogen) atoms. The van der Waals surface area contributed by atoms with Crippen LogP contribution in [0.4, 0.5) is 5.69 Å². The minimum Gasteiger partial charge on any atom is -0.508 e. The van der Waals surface area contributed by atoms with Crippen molar-refractivity contribution in [2.75, 3.05) is 19.0 Å². The minimum atomic E-state index is -0.804. The number of benzene rings is 2. The highest BCUT2D eigenvalue weighted by Gasteiger charge is 2.15. The molecule has 0 saturated carbocycles. The molecule has 0 fully saturated rings. The van der Waals surface area contributed by atoms with Crippen LogP contribution in [0.1, 0.15) is 5.56 Å². The Labute approximate surface area is 144 Å². The van der Waals surface area contributed by atoms with Gasteiger partial charge in [-0.2, -0.15) is 0 Å². The van der Waals surface area contributed by atoms with E-state index in [0.29, 0.717) is 29.4 Å². The highest BCUT2D eigenvalue weighted by molar-refractivity contribution is 6.40. The highest BCUT2D eigenvalue weighted by atomic mass is 35.5. The molecule has 7 heteroatoms. The Kier molecular flexibility index (Phi) is 6.03. The molecule has 0 unspecified atom stereocenters. The van der Waals surface area contributed by atoms with Crippen LogP contribution in [0.25, 0.3) is 0 Å². The maximum atomic E-state index is 11.9. The van der Waals surface area contributed by atoms with Crippen molar-refractivity contribution in [3.8, 4) is 11.5 Å². The van der Waals surface area contributed by atoms with Crippen molar-refractivity contribution < 1.29 is 19.4 Å². The number of carbonyl (C=O) groups is 2. The number of aromatic hydroxyl groups is 1. The molecule has 0 aliphatic carbocycles. The van der Waals surface area contributed by atoms with Gasteiger partial charge in [0.1, 0.15) is 11.5 Å². The summed E-state index contributed by atoms with van der Waals surface area (Å²) >= 11 is 5.87. The molecule has 0 aliphatic heterocycles. The van der Waals surface area contributed by atoms with Gasteiger partial charge in [-0.3, -0.25) is 9.59 Å². The molecule has 0 aromatic heterocycles. The molecule has 2 rings (SSSR count). The zero-order chi connectivity index (χ0) is 17.5. The van der Waals surface area contributed by atoms with E-state index >= 15 is 0 Å². The second-order valence-corrected chi connectivity index (χ2v) is 5.41. The third-order valence-electron chi connectivity index (χ3n) is 3.25. The number of halogens is 1. The first-order valence-electron chi connectivity index (χ1n) is 7.20. The quantitative estimate of drug-likeness (QED) is 0.724. The largest absolute Gasteiger partial charge is 0.508 e. The van der Waals surface area contributed by atoms with Crippen molar-refractivity contribution >= 4 is 29.1 Å². The number of anilines is 1. The van der Waals surface area contributed by atoms with Gasteiger partial charge in [-0.1, -0.05) is 23.7 Å². The Morgan fingerprint density at radius 2 is 1.83 bits per heavy atom. The molecule has 0 aliphatic rings. The second-order valence-electron chi connectivity index (χ2n) is 4.97.